The van der Waals surface area contributed by atoms with Gasteiger partial charge in [0.2, 0.25) is 0 Å². The van der Waals surface area contributed by atoms with E-state index in [4.69, 9.17) is 10.5 Å². The Balaban J connectivity index is 2.35. The molecular weight excluding hydrogens is 152 g/mol. The number of hydrogen-bond donors (Lipinski definition) is 1. The Bertz CT molecular complexity index is 149. The molecule has 3 heteroatoms. The number of hydrogen-bond acceptors (Lipinski definition) is 3. The van der Waals surface area contributed by atoms with Crippen molar-refractivity contribution in [1.29, 1.82) is 0 Å². The van der Waals surface area contributed by atoms with Crippen LogP contribution in [0.2, 0.25) is 0 Å². The average Bonchev–Trinajstić information content (AvgIpc) is 2.32. The number of nitrogens with zero attached hydrogens (tertiary/aromatic N) is 1. The maximum absolute atomic E-state index is 5.72. The van der Waals surface area contributed by atoms with Crippen LogP contribution >= 0.6 is 0 Å². The molecule has 0 aromatic rings. The smallest absolute Gasteiger partial charge is 0.0789 e. The second-order valence-electron chi connectivity index (χ2n) is 4.12. The minimum atomic E-state index is 0.0644. The first kappa shape index (κ1) is 9.96. The molecule has 0 aliphatic carbocycles. The number of rotatable bonds is 3. The Kier molecular flexibility index (Phi) is 3.09. The number of ether oxygens (including phenoxy) is 1. The van der Waals surface area contributed by atoms with E-state index in [0.29, 0.717) is 0 Å². The van der Waals surface area contributed by atoms with Crippen molar-refractivity contribution < 1.29 is 4.74 Å². The fraction of sp³-hybridized carbons (Fsp3) is 1.00. The Labute approximate surface area is 74.9 Å². The fourth-order valence-corrected chi connectivity index (χ4v) is 1.76. The second kappa shape index (κ2) is 3.73. The average molecular weight is 172 g/mol. The van der Waals surface area contributed by atoms with Crippen molar-refractivity contribution in [1.82, 2.24) is 4.90 Å². The van der Waals surface area contributed by atoms with E-state index < -0.39 is 0 Å². The molecule has 1 rings (SSSR count). The van der Waals surface area contributed by atoms with Crippen LogP contribution < -0.4 is 5.73 Å². The normalized spacial score (nSPS) is 34.0. The summed E-state index contributed by atoms with van der Waals surface area (Å²) in [5, 5.41) is 0. The van der Waals surface area contributed by atoms with E-state index >= 15 is 0 Å². The van der Waals surface area contributed by atoms with Crippen LogP contribution in [0.1, 0.15) is 20.3 Å². The van der Waals surface area contributed by atoms with Gasteiger partial charge >= 0.3 is 0 Å². The van der Waals surface area contributed by atoms with Crippen molar-refractivity contribution >= 4 is 0 Å². The van der Waals surface area contributed by atoms with Gasteiger partial charge < -0.3 is 10.5 Å². The highest BCUT2D eigenvalue weighted by Gasteiger charge is 2.33. The third-order valence-electron chi connectivity index (χ3n) is 2.55. The van der Waals surface area contributed by atoms with Crippen molar-refractivity contribution in [2.75, 3.05) is 26.7 Å². The maximum Gasteiger partial charge on any atom is 0.0789 e. The van der Waals surface area contributed by atoms with Gasteiger partial charge in [-0.25, -0.2) is 0 Å². The van der Waals surface area contributed by atoms with Crippen molar-refractivity contribution in [3.8, 4) is 0 Å². The highest BCUT2D eigenvalue weighted by atomic mass is 16.5. The topological polar surface area (TPSA) is 38.5 Å². The minimum Gasteiger partial charge on any atom is -0.377 e. The summed E-state index contributed by atoms with van der Waals surface area (Å²) in [6, 6.07) is 0.268. The van der Waals surface area contributed by atoms with Crippen LogP contribution in [0, 0.1) is 0 Å². The molecule has 1 unspecified atom stereocenters. The van der Waals surface area contributed by atoms with Crippen LogP contribution in [0.15, 0.2) is 0 Å². The number of nitrogens with two attached hydrogens (primary N) is 1. The molecule has 1 saturated heterocycles. The Morgan fingerprint density at radius 3 is 2.75 bits per heavy atom. The SMILES string of the molecule is COC1(C)CCN(C[C@H](C)N)C1. The van der Waals surface area contributed by atoms with Crippen LogP contribution in [0.5, 0.6) is 0 Å². The molecule has 1 aliphatic heterocycles. The van der Waals surface area contributed by atoms with E-state index in [0.717, 1.165) is 26.1 Å². The van der Waals surface area contributed by atoms with Crippen LogP contribution in [-0.2, 0) is 4.74 Å². The van der Waals surface area contributed by atoms with Crippen molar-refractivity contribution in [3.05, 3.63) is 0 Å². The molecule has 0 bridgehead atoms. The molecule has 12 heavy (non-hydrogen) atoms. The zero-order valence-corrected chi connectivity index (χ0v) is 8.34. The Hall–Kier alpha value is -0.120. The number of methoxy groups -OCH3 is 1. The summed E-state index contributed by atoms with van der Waals surface area (Å²) < 4.78 is 5.43. The summed E-state index contributed by atoms with van der Waals surface area (Å²) in [5.41, 5.74) is 5.78. The highest BCUT2D eigenvalue weighted by molar-refractivity contribution is 4.88. The molecule has 0 aromatic heterocycles. The van der Waals surface area contributed by atoms with E-state index in [1.807, 2.05) is 6.92 Å². The molecule has 0 amide bonds. The maximum atomic E-state index is 5.72. The molecule has 0 radical (unpaired) electrons. The van der Waals surface area contributed by atoms with Gasteiger partial charge in [0.15, 0.2) is 0 Å². The first-order valence-corrected chi connectivity index (χ1v) is 4.59. The fourth-order valence-electron chi connectivity index (χ4n) is 1.76. The third-order valence-corrected chi connectivity index (χ3v) is 2.55. The molecule has 1 heterocycles. The molecule has 0 spiro atoms. The molecule has 0 saturated carbocycles. The van der Waals surface area contributed by atoms with Crippen LogP contribution in [0.4, 0.5) is 0 Å². The van der Waals surface area contributed by atoms with Gasteiger partial charge in [0.1, 0.15) is 0 Å². The summed E-state index contributed by atoms with van der Waals surface area (Å²) in [6.45, 7) is 7.33. The molecular formula is C9H20N2O. The summed E-state index contributed by atoms with van der Waals surface area (Å²) in [6.07, 6.45) is 1.12. The minimum absolute atomic E-state index is 0.0644. The molecule has 72 valence electrons. The van der Waals surface area contributed by atoms with Gasteiger partial charge in [0.25, 0.3) is 0 Å². The first-order chi connectivity index (χ1) is 5.56. The highest BCUT2D eigenvalue weighted by Crippen LogP contribution is 2.23. The van der Waals surface area contributed by atoms with E-state index in [9.17, 15) is 0 Å². The quantitative estimate of drug-likeness (QED) is 0.671. The van der Waals surface area contributed by atoms with E-state index in [-0.39, 0.29) is 11.6 Å². The molecule has 0 aromatic carbocycles. The van der Waals surface area contributed by atoms with Gasteiger partial charge in [-0.05, 0) is 20.3 Å². The molecule has 1 aliphatic rings. The lowest BCUT2D eigenvalue weighted by molar-refractivity contribution is 0.0146. The van der Waals surface area contributed by atoms with Gasteiger partial charge in [-0.15, -0.1) is 0 Å². The zero-order valence-electron chi connectivity index (χ0n) is 8.34. The summed E-state index contributed by atoms with van der Waals surface area (Å²) in [5.74, 6) is 0. The number of likely N-dealkylation sites (tertiary alicyclic amines) is 1. The van der Waals surface area contributed by atoms with Gasteiger partial charge in [0.05, 0.1) is 5.60 Å². The van der Waals surface area contributed by atoms with E-state index in [1.165, 1.54) is 0 Å². The monoisotopic (exact) mass is 172 g/mol. The largest absolute Gasteiger partial charge is 0.377 e. The molecule has 3 nitrogen and oxygen atoms in total. The van der Waals surface area contributed by atoms with Crippen LogP contribution in [0.25, 0.3) is 0 Å². The molecule has 1 fully saturated rings. The lowest BCUT2D eigenvalue weighted by atomic mass is 10.1. The lowest BCUT2D eigenvalue weighted by Gasteiger charge is -2.23. The van der Waals surface area contributed by atoms with Crippen molar-refractivity contribution in [3.63, 3.8) is 0 Å². The standard InChI is InChI=1S/C9H20N2O/c1-8(10)6-11-5-4-9(2,7-11)12-3/h8H,4-7,10H2,1-3H3/t8-,9?/m0/s1. The van der Waals surface area contributed by atoms with Gasteiger partial charge in [0, 0.05) is 32.8 Å². The van der Waals surface area contributed by atoms with Gasteiger partial charge in [-0.1, -0.05) is 0 Å². The first-order valence-electron chi connectivity index (χ1n) is 4.59. The summed E-state index contributed by atoms with van der Waals surface area (Å²) in [7, 11) is 1.79. The molecule has 2 atom stereocenters. The summed E-state index contributed by atoms with van der Waals surface area (Å²) in [4.78, 5) is 2.37. The molecule has 2 N–H and O–H groups in total. The van der Waals surface area contributed by atoms with Crippen LogP contribution in [-0.4, -0.2) is 43.3 Å². The van der Waals surface area contributed by atoms with Crippen molar-refractivity contribution in [2.45, 2.75) is 31.9 Å². The van der Waals surface area contributed by atoms with Crippen molar-refractivity contribution in [2.24, 2.45) is 5.73 Å². The lowest BCUT2D eigenvalue weighted by Crippen LogP contribution is -2.37. The predicted octanol–water partition coefficient (Wildman–Crippen LogP) is 0.444. The second-order valence-corrected chi connectivity index (χ2v) is 4.12. The third kappa shape index (κ3) is 2.44. The Morgan fingerprint density at radius 1 is 1.67 bits per heavy atom. The van der Waals surface area contributed by atoms with E-state index in [2.05, 4.69) is 11.8 Å². The van der Waals surface area contributed by atoms with Gasteiger partial charge in [-0.3, -0.25) is 4.90 Å². The van der Waals surface area contributed by atoms with Crippen LogP contribution in [0.3, 0.4) is 0 Å². The van der Waals surface area contributed by atoms with E-state index in [1.54, 1.807) is 7.11 Å². The predicted molar refractivity (Wildman–Crippen MR) is 50.1 cm³/mol. The van der Waals surface area contributed by atoms with Gasteiger partial charge in [-0.2, -0.15) is 0 Å². The zero-order chi connectivity index (χ0) is 9.19. The summed E-state index contributed by atoms with van der Waals surface area (Å²) >= 11 is 0. The Morgan fingerprint density at radius 2 is 2.33 bits per heavy atom.